The smallest absolute Gasteiger partial charge is 0.309 e. The number of para-hydroxylation sites is 2. The Morgan fingerprint density at radius 2 is 0.829 bits per heavy atom. The third-order valence-corrected chi connectivity index (χ3v) is 10.8. The van der Waals surface area contributed by atoms with Crippen LogP contribution in [-0.4, -0.2) is 14.3 Å². The number of benzene rings is 5. The summed E-state index contributed by atoms with van der Waals surface area (Å²) in [5.74, 6) is 0. The van der Waals surface area contributed by atoms with Crippen molar-refractivity contribution >= 4 is 41.2 Å². The van der Waals surface area contributed by atoms with Crippen LogP contribution in [0.15, 0.2) is 152 Å². The van der Waals surface area contributed by atoms with E-state index in [1.165, 1.54) is 0 Å². The van der Waals surface area contributed by atoms with Crippen LogP contribution in [0.2, 0.25) is 0 Å². The first-order chi connectivity index (χ1) is 17.3. The van der Waals surface area contributed by atoms with E-state index in [4.69, 9.17) is 0 Å². The minimum atomic E-state index is -3.09. The van der Waals surface area contributed by atoms with Crippen molar-refractivity contribution < 1.29 is 4.79 Å². The summed E-state index contributed by atoms with van der Waals surface area (Å²) in [6.45, 7) is 0. The van der Waals surface area contributed by atoms with E-state index in [-0.39, 0.29) is 6.03 Å². The number of carbonyl (C=O) groups excluding carboxylic acids is 1. The maximum atomic E-state index is 14.3. The van der Waals surface area contributed by atoms with Crippen molar-refractivity contribution in [2.75, 3.05) is 9.88 Å². The second kappa shape index (κ2) is 10.2. The predicted molar refractivity (Wildman–Crippen MR) is 148 cm³/mol. The number of hydrogen-bond acceptors (Lipinski definition) is 1. The third-order valence-electron chi connectivity index (χ3n) is 6.15. The Labute approximate surface area is 207 Å². The lowest BCUT2D eigenvalue weighted by Gasteiger charge is -2.43. The Bertz CT molecular complexity index is 1270. The number of urea groups is 1. The molecule has 5 aromatic rings. The molecule has 0 saturated heterocycles. The Morgan fingerprint density at radius 1 is 0.486 bits per heavy atom. The van der Waals surface area contributed by atoms with Gasteiger partial charge < -0.3 is 9.88 Å². The number of hydrogen-bond donors (Lipinski definition) is 1. The van der Waals surface area contributed by atoms with E-state index in [1.807, 2.05) is 83.4 Å². The molecule has 5 rings (SSSR count). The molecule has 0 saturated carbocycles. The van der Waals surface area contributed by atoms with Gasteiger partial charge in [0.05, 0.1) is 0 Å². The lowest BCUT2D eigenvalue weighted by Crippen LogP contribution is -2.79. The summed E-state index contributed by atoms with van der Waals surface area (Å²) >= 11 is 0. The van der Waals surface area contributed by atoms with Crippen LogP contribution in [0.25, 0.3) is 0 Å². The maximum Gasteiger partial charge on any atom is 0.319 e. The zero-order valence-corrected chi connectivity index (χ0v) is 20.3. The highest BCUT2D eigenvalue weighted by atomic mass is 28.3. The highest BCUT2D eigenvalue weighted by molar-refractivity contribution is 7.15. The lowest BCUT2D eigenvalue weighted by atomic mass is 10.3. The summed E-state index contributed by atoms with van der Waals surface area (Å²) < 4.78 is 2.01. The van der Waals surface area contributed by atoms with Crippen molar-refractivity contribution in [1.29, 1.82) is 0 Å². The first-order valence-electron chi connectivity index (χ1n) is 11.7. The van der Waals surface area contributed by atoms with Gasteiger partial charge in [0.15, 0.2) is 0 Å². The summed E-state index contributed by atoms with van der Waals surface area (Å²) in [5.41, 5.74) is 1.61. The molecule has 0 fully saturated rings. The largest absolute Gasteiger partial charge is 0.319 e. The molecule has 0 radical (unpaired) electrons. The maximum absolute atomic E-state index is 14.3. The number of anilines is 2. The Morgan fingerprint density at radius 3 is 1.23 bits per heavy atom. The van der Waals surface area contributed by atoms with Crippen LogP contribution >= 0.6 is 0 Å². The van der Waals surface area contributed by atoms with Crippen LogP contribution in [-0.2, 0) is 0 Å². The lowest BCUT2D eigenvalue weighted by molar-refractivity contribution is 0.259. The minimum Gasteiger partial charge on any atom is -0.309 e. The van der Waals surface area contributed by atoms with Gasteiger partial charge in [-0.25, -0.2) is 4.79 Å². The molecule has 170 valence electrons. The van der Waals surface area contributed by atoms with Gasteiger partial charge in [0.1, 0.15) is 0 Å². The monoisotopic (exact) mass is 470 g/mol. The van der Waals surface area contributed by atoms with Gasteiger partial charge in [-0.3, -0.25) is 0 Å². The quantitative estimate of drug-likeness (QED) is 0.262. The van der Waals surface area contributed by atoms with Gasteiger partial charge in [-0.1, -0.05) is 127 Å². The molecule has 0 heterocycles. The van der Waals surface area contributed by atoms with Crippen LogP contribution in [0.3, 0.4) is 0 Å². The molecule has 0 bridgehead atoms. The first kappa shape index (κ1) is 22.4. The summed E-state index contributed by atoms with van der Waals surface area (Å²) in [6.07, 6.45) is 0. The van der Waals surface area contributed by atoms with Crippen LogP contribution in [0.1, 0.15) is 0 Å². The number of amides is 2. The molecule has 2 amide bonds. The van der Waals surface area contributed by atoms with E-state index < -0.39 is 8.24 Å². The normalized spacial score (nSPS) is 11.0. The minimum absolute atomic E-state index is 0.161. The fraction of sp³-hybridized carbons (Fsp3) is 0. The van der Waals surface area contributed by atoms with E-state index >= 15 is 0 Å². The summed E-state index contributed by atoms with van der Waals surface area (Å²) in [6, 6.07) is 50.8. The fourth-order valence-corrected chi connectivity index (χ4v) is 9.36. The van der Waals surface area contributed by atoms with Gasteiger partial charge in [-0.2, -0.15) is 0 Å². The fourth-order valence-electron chi connectivity index (χ4n) is 4.67. The number of nitrogens with one attached hydrogen (secondary N) is 1. The second-order valence-electron chi connectivity index (χ2n) is 8.28. The van der Waals surface area contributed by atoms with Crippen molar-refractivity contribution in [2.45, 2.75) is 0 Å². The van der Waals surface area contributed by atoms with Crippen molar-refractivity contribution in [3.05, 3.63) is 152 Å². The predicted octanol–water partition coefficient (Wildman–Crippen LogP) is 5.39. The molecule has 0 atom stereocenters. The standard InChI is InChI=1S/C31H26N2OSi/c34-31(32-26-16-6-1-7-17-26)33(27-18-8-2-9-19-27)35(28-20-10-3-11-21-28,29-22-12-4-13-23-29)30-24-14-5-15-25-30/h1-25H,(H,32,34). The number of nitrogens with zero attached hydrogens (tertiary/aromatic N) is 1. The van der Waals surface area contributed by atoms with Crippen molar-refractivity contribution in [2.24, 2.45) is 0 Å². The molecule has 0 aliphatic heterocycles. The summed E-state index contributed by atoms with van der Waals surface area (Å²) in [4.78, 5) is 14.3. The van der Waals surface area contributed by atoms with Crippen LogP contribution < -0.4 is 25.4 Å². The molecule has 0 aliphatic rings. The van der Waals surface area contributed by atoms with Gasteiger partial charge in [-0.05, 0) is 39.8 Å². The van der Waals surface area contributed by atoms with E-state index in [0.717, 1.165) is 26.9 Å². The molecule has 0 unspecified atom stereocenters. The van der Waals surface area contributed by atoms with Gasteiger partial charge in [0.2, 0.25) is 0 Å². The molecule has 1 N–H and O–H groups in total. The van der Waals surface area contributed by atoms with Crippen LogP contribution in [0.5, 0.6) is 0 Å². The van der Waals surface area contributed by atoms with E-state index in [1.54, 1.807) is 0 Å². The van der Waals surface area contributed by atoms with Crippen LogP contribution in [0.4, 0.5) is 16.2 Å². The average Bonchev–Trinajstić information content (AvgIpc) is 2.94. The third kappa shape index (κ3) is 4.39. The number of carbonyl (C=O) groups is 1. The molecule has 4 heteroatoms. The summed E-state index contributed by atoms with van der Waals surface area (Å²) in [7, 11) is -3.09. The average molecular weight is 471 g/mol. The zero-order valence-electron chi connectivity index (χ0n) is 19.3. The van der Waals surface area contributed by atoms with E-state index in [2.05, 4.69) is 78.1 Å². The Balaban J connectivity index is 1.84. The molecular formula is C31H26N2OSi. The number of rotatable bonds is 6. The van der Waals surface area contributed by atoms with Crippen LogP contribution in [0, 0.1) is 0 Å². The first-order valence-corrected chi connectivity index (χ1v) is 13.6. The highest BCUT2D eigenvalue weighted by Gasteiger charge is 2.49. The Kier molecular flexibility index (Phi) is 6.55. The van der Waals surface area contributed by atoms with Crippen molar-refractivity contribution in [3.8, 4) is 0 Å². The summed E-state index contributed by atoms with van der Waals surface area (Å²) in [5, 5.41) is 6.56. The topological polar surface area (TPSA) is 32.3 Å². The van der Waals surface area contributed by atoms with Gasteiger partial charge in [0.25, 0.3) is 8.24 Å². The Hall–Kier alpha value is -4.41. The van der Waals surface area contributed by atoms with Crippen molar-refractivity contribution in [3.63, 3.8) is 0 Å². The van der Waals surface area contributed by atoms with Gasteiger partial charge in [-0.15, -0.1) is 0 Å². The molecule has 0 aliphatic carbocycles. The van der Waals surface area contributed by atoms with E-state index in [0.29, 0.717) is 0 Å². The van der Waals surface area contributed by atoms with Gasteiger partial charge in [0, 0.05) is 11.4 Å². The molecular weight excluding hydrogens is 444 g/mol. The SMILES string of the molecule is O=C(Nc1ccccc1)N(c1ccccc1)[Si](c1ccccc1)(c1ccccc1)c1ccccc1. The molecule has 3 nitrogen and oxygen atoms in total. The molecule has 5 aromatic carbocycles. The highest BCUT2D eigenvalue weighted by Crippen LogP contribution is 2.24. The molecule has 0 spiro atoms. The molecule has 35 heavy (non-hydrogen) atoms. The second-order valence-corrected chi connectivity index (χ2v) is 11.9. The van der Waals surface area contributed by atoms with Crippen molar-refractivity contribution in [1.82, 2.24) is 0 Å². The zero-order chi connectivity index (χ0) is 23.9. The van der Waals surface area contributed by atoms with Gasteiger partial charge >= 0.3 is 6.03 Å². The molecule has 0 aromatic heterocycles. The van der Waals surface area contributed by atoms with E-state index in [9.17, 15) is 4.79 Å².